The summed E-state index contributed by atoms with van der Waals surface area (Å²) in [5.74, 6) is 0.251. The van der Waals surface area contributed by atoms with Crippen molar-refractivity contribution in [1.29, 1.82) is 0 Å². The Labute approximate surface area is 238 Å². The van der Waals surface area contributed by atoms with Gasteiger partial charge in [0.05, 0.1) is 29.1 Å². The van der Waals surface area contributed by atoms with E-state index in [1.54, 1.807) is 24.7 Å². The molecule has 0 unspecified atom stereocenters. The molecule has 4 aromatic rings. The van der Waals surface area contributed by atoms with Crippen molar-refractivity contribution in [3.63, 3.8) is 0 Å². The van der Waals surface area contributed by atoms with Crippen LogP contribution in [0.5, 0.6) is 0 Å². The highest BCUT2D eigenvalue weighted by Gasteiger charge is 2.44. The normalized spacial score (nSPS) is 22.7. The third-order valence-corrected chi connectivity index (χ3v) is 9.33. The number of aromatic nitrogens is 4. The molecule has 9 heteroatoms. The highest BCUT2D eigenvalue weighted by atomic mass is 19.1. The van der Waals surface area contributed by atoms with Crippen LogP contribution in [0.2, 0.25) is 0 Å². The van der Waals surface area contributed by atoms with Gasteiger partial charge in [-0.1, -0.05) is 0 Å². The van der Waals surface area contributed by atoms with E-state index >= 15 is 0 Å². The molecular weight excluding hydrogens is 519 g/mol. The van der Waals surface area contributed by atoms with Gasteiger partial charge in [0, 0.05) is 66.2 Å². The second kappa shape index (κ2) is 10.2. The summed E-state index contributed by atoms with van der Waals surface area (Å²) in [6, 6.07) is 9.00. The van der Waals surface area contributed by atoms with Gasteiger partial charge in [0.2, 0.25) is 5.91 Å². The highest BCUT2D eigenvalue weighted by Crippen LogP contribution is 2.37. The van der Waals surface area contributed by atoms with Gasteiger partial charge < -0.3 is 14.8 Å². The fourth-order valence-corrected chi connectivity index (χ4v) is 7.24. The molecule has 41 heavy (non-hydrogen) atoms. The second-order valence-corrected chi connectivity index (χ2v) is 12.1. The molecule has 1 saturated carbocycles. The fourth-order valence-electron chi connectivity index (χ4n) is 7.24. The molecule has 0 spiro atoms. The van der Waals surface area contributed by atoms with E-state index in [1.807, 2.05) is 46.3 Å². The smallest absolute Gasteiger partial charge is 0.240 e. The van der Waals surface area contributed by atoms with Crippen LogP contribution < -0.4 is 5.32 Å². The Morgan fingerprint density at radius 3 is 2.61 bits per heavy atom. The lowest BCUT2D eigenvalue weighted by Crippen LogP contribution is -2.51. The third kappa shape index (κ3) is 4.47. The summed E-state index contributed by atoms with van der Waals surface area (Å²) in [5.41, 5.74) is 3.67. The zero-order chi connectivity index (χ0) is 28.2. The minimum absolute atomic E-state index is 0.0524. The van der Waals surface area contributed by atoms with Gasteiger partial charge in [0.15, 0.2) is 5.78 Å². The zero-order valence-electron chi connectivity index (χ0n) is 23.5. The van der Waals surface area contributed by atoms with Crippen LogP contribution >= 0.6 is 0 Å². The topological polar surface area (TPSA) is 85.0 Å². The monoisotopic (exact) mass is 554 g/mol. The first-order valence-electron chi connectivity index (χ1n) is 14.8. The second-order valence-electron chi connectivity index (χ2n) is 12.1. The van der Waals surface area contributed by atoms with Crippen molar-refractivity contribution in [2.24, 2.45) is 11.8 Å². The fraction of sp³-hybridized carbons (Fsp3) is 0.438. The number of rotatable bonds is 6. The summed E-state index contributed by atoms with van der Waals surface area (Å²) in [6.45, 7) is 5.28. The number of Topliss-reactive ketones (excluding diaryl/α,β-unsaturated/α-hetero) is 1. The Hall–Kier alpha value is -3.85. The lowest BCUT2D eigenvalue weighted by atomic mass is 9.88. The van der Waals surface area contributed by atoms with E-state index < -0.39 is 0 Å². The maximum atomic E-state index is 14.6. The maximum absolute atomic E-state index is 14.6. The number of hydrogen-bond donors (Lipinski definition) is 1. The molecule has 212 valence electrons. The van der Waals surface area contributed by atoms with Gasteiger partial charge in [-0.05, 0) is 82.2 Å². The number of benzene rings is 1. The molecule has 3 aromatic heterocycles. The van der Waals surface area contributed by atoms with Crippen molar-refractivity contribution in [1.82, 2.24) is 29.5 Å². The van der Waals surface area contributed by atoms with Gasteiger partial charge in [-0.3, -0.25) is 19.3 Å². The number of nitrogens with zero attached hydrogens (tertiary/aromatic N) is 5. The zero-order valence-corrected chi connectivity index (χ0v) is 23.5. The Bertz CT molecular complexity index is 1630. The van der Waals surface area contributed by atoms with Crippen molar-refractivity contribution in [2.45, 2.75) is 64.1 Å². The van der Waals surface area contributed by atoms with Crippen molar-refractivity contribution in [3.8, 4) is 16.9 Å². The number of hydrogen-bond acceptors (Lipinski definition) is 5. The van der Waals surface area contributed by atoms with Crippen LogP contribution in [0.1, 0.15) is 62.4 Å². The number of ketones is 1. The molecular formula is C32H35FN6O2. The Kier molecular flexibility index (Phi) is 6.49. The van der Waals surface area contributed by atoms with E-state index in [4.69, 9.17) is 0 Å². The standard InChI is InChI=1S/C32H35FN6O2/c1-19(2)39-28(8-12-35-39)25-16-22(33)4-6-27(25)38-18-26(24-7-11-34-17-29(24)38)31(40)20-9-13-37(14-10-20)32(41)30-21-3-5-23(15-21)36-30/h4,6-8,11-12,16-21,23,30,36H,3,5,9-10,13-15H2,1-2H3/t21-,23+,30-/m0/s1. The number of halogens is 1. The van der Waals surface area contributed by atoms with E-state index in [-0.39, 0.29) is 35.5 Å². The third-order valence-electron chi connectivity index (χ3n) is 9.33. The molecule has 1 aromatic carbocycles. The lowest BCUT2D eigenvalue weighted by molar-refractivity contribution is -0.135. The van der Waals surface area contributed by atoms with Gasteiger partial charge >= 0.3 is 0 Å². The molecule has 7 rings (SSSR count). The average Bonchev–Trinajstić information content (AvgIpc) is 3.80. The molecule has 1 aliphatic carbocycles. The molecule has 3 fully saturated rings. The lowest BCUT2D eigenvalue weighted by Gasteiger charge is -2.35. The van der Waals surface area contributed by atoms with Crippen LogP contribution in [0.15, 0.2) is 55.1 Å². The minimum atomic E-state index is -0.340. The summed E-state index contributed by atoms with van der Waals surface area (Å²) in [5, 5.41) is 8.79. The van der Waals surface area contributed by atoms with Crippen LogP contribution in [0, 0.1) is 17.7 Å². The summed E-state index contributed by atoms with van der Waals surface area (Å²) >= 11 is 0. The molecule has 1 amide bonds. The SMILES string of the molecule is CC(C)n1nccc1-c1cc(F)ccc1-n1cc(C(=O)C2CCN(C(=O)[C@H]3N[C@@H]4CC[C@H]3C4)CC2)c2ccncc21. The predicted molar refractivity (Wildman–Crippen MR) is 154 cm³/mol. The number of nitrogens with one attached hydrogen (secondary N) is 1. The quantitative estimate of drug-likeness (QED) is 0.333. The number of carbonyl (C=O) groups is 2. The van der Waals surface area contributed by atoms with Crippen molar-refractivity contribution < 1.29 is 14.0 Å². The molecule has 8 nitrogen and oxygen atoms in total. The van der Waals surface area contributed by atoms with E-state index in [0.717, 1.165) is 35.1 Å². The van der Waals surface area contributed by atoms with Crippen molar-refractivity contribution >= 4 is 22.6 Å². The molecule has 3 atom stereocenters. The molecule has 2 bridgehead atoms. The molecule has 2 saturated heterocycles. The van der Waals surface area contributed by atoms with Crippen LogP contribution in [-0.2, 0) is 4.79 Å². The largest absolute Gasteiger partial charge is 0.341 e. The number of likely N-dealkylation sites (tertiary alicyclic amines) is 1. The number of carbonyl (C=O) groups excluding carboxylic acids is 2. The molecule has 1 N–H and O–H groups in total. The number of fused-ring (bicyclic) bond motifs is 3. The van der Waals surface area contributed by atoms with Gasteiger partial charge in [0.25, 0.3) is 0 Å². The molecule has 5 heterocycles. The number of amides is 1. The Balaban J connectivity index is 1.18. The summed E-state index contributed by atoms with van der Waals surface area (Å²) in [6.07, 6.45) is 11.8. The van der Waals surface area contributed by atoms with E-state index in [9.17, 15) is 14.0 Å². The summed E-state index contributed by atoms with van der Waals surface area (Å²) in [4.78, 5) is 33.5. The van der Waals surface area contributed by atoms with Crippen LogP contribution in [0.25, 0.3) is 27.8 Å². The summed E-state index contributed by atoms with van der Waals surface area (Å²) in [7, 11) is 0. The van der Waals surface area contributed by atoms with Crippen LogP contribution in [-0.4, -0.2) is 61.1 Å². The van der Waals surface area contributed by atoms with E-state index in [0.29, 0.717) is 49.0 Å². The van der Waals surface area contributed by atoms with Gasteiger partial charge in [-0.25, -0.2) is 4.39 Å². The molecule has 2 aliphatic heterocycles. The van der Waals surface area contributed by atoms with E-state index in [2.05, 4.69) is 15.4 Å². The van der Waals surface area contributed by atoms with Crippen LogP contribution in [0.4, 0.5) is 4.39 Å². The van der Waals surface area contributed by atoms with Crippen molar-refractivity contribution in [3.05, 3.63) is 66.5 Å². The van der Waals surface area contributed by atoms with E-state index in [1.165, 1.54) is 18.6 Å². The van der Waals surface area contributed by atoms with Crippen LogP contribution in [0.3, 0.4) is 0 Å². The number of piperidine rings is 2. The van der Waals surface area contributed by atoms with Gasteiger partial charge in [0.1, 0.15) is 5.82 Å². The molecule has 0 radical (unpaired) electrons. The highest BCUT2D eigenvalue weighted by molar-refractivity contribution is 6.09. The average molecular weight is 555 g/mol. The number of pyridine rings is 1. The first-order valence-corrected chi connectivity index (χ1v) is 14.8. The Morgan fingerprint density at radius 1 is 1.05 bits per heavy atom. The van der Waals surface area contributed by atoms with Gasteiger partial charge in [-0.15, -0.1) is 0 Å². The maximum Gasteiger partial charge on any atom is 0.240 e. The summed E-state index contributed by atoms with van der Waals surface area (Å²) < 4.78 is 18.4. The van der Waals surface area contributed by atoms with Crippen molar-refractivity contribution in [2.75, 3.05) is 13.1 Å². The first kappa shape index (κ1) is 26.1. The predicted octanol–water partition coefficient (Wildman–Crippen LogP) is 5.17. The minimum Gasteiger partial charge on any atom is -0.341 e. The Morgan fingerprint density at radius 2 is 1.88 bits per heavy atom. The van der Waals surface area contributed by atoms with Gasteiger partial charge in [-0.2, -0.15) is 5.10 Å². The molecule has 3 aliphatic rings. The first-order chi connectivity index (χ1) is 19.9.